The van der Waals surface area contributed by atoms with Crippen molar-refractivity contribution in [1.29, 1.82) is 5.26 Å². The van der Waals surface area contributed by atoms with Gasteiger partial charge in [0.2, 0.25) is 0 Å². The zero-order valence-electron chi connectivity index (χ0n) is 6.62. The molecule has 13 heavy (non-hydrogen) atoms. The molecule has 1 heterocycles. The summed E-state index contributed by atoms with van der Waals surface area (Å²) in [6.07, 6.45) is -0.889. The van der Waals surface area contributed by atoms with Crippen LogP contribution in [0.2, 0.25) is 0 Å². The molecule has 0 fully saturated rings. The van der Waals surface area contributed by atoms with E-state index in [2.05, 4.69) is 0 Å². The first kappa shape index (κ1) is 8.02. The predicted molar refractivity (Wildman–Crippen MR) is 41.6 cm³/mol. The summed E-state index contributed by atoms with van der Waals surface area (Å²) in [5.41, 5.74) is 0.144. The van der Waals surface area contributed by atoms with E-state index in [0.29, 0.717) is 5.75 Å². The van der Waals surface area contributed by atoms with E-state index in [1.165, 1.54) is 6.07 Å². The highest BCUT2D eigenvalue weighted by Gasteiger charge is 2.27. The number of aliphatic hydroxyl groups excluding tert-OH is 1. The van der Waals surface area contributed by atoms with Crippen molar-refractivity contribution < 1.29 is 14.2 Å². The largest absolute Gasteiger partial charge is 0.490 e. The van der Waals surface area contributed by atoms with Crippen LogP contribution in [0.1, 0.15) is 17.2 Å². The van der Waals surface area contributed by atoms with Crippen LogP contribution in [0.5, 0.6) is 5.75 Å². The molecule has 2 rings (SSSR count). The molecule has 1 atom stereocenters. The Bertz CT molecular complexity index is 397. The first-order valence-corrected chi connectivity index (χ1v) is 3.77. The number of aliphatic hydroxyl groups is 1. The van der Waals surface area contributed by atoms with Gasteiger partial charge >= 0.3 is 0 Å². The normalized spacial score (nSPS) is 19.0. The lowest BCUT2D eigenvalue weighted by Gasteiger charge is -2.02. The van der Waals surface area contributed by atoms with E-state index < -0.39 is 11.9 Å². The van der Waals surface area contributed by atoms with Gasteiger partial charge in [0, 0.05) is 5.56 Å². The van der Waals surface area contributed by atoms with Crippen LogP contribution in [0.4, 0.5) is 4.39 Å². The molecule has 0 aliphatic carbocycles. The summed E-state index contributed by atoms with van der Waals surface area (Å²) in [7, 11) is 0. The standard InChI is InChI=1S/C9H6FNO2/c10-6-1-2-8-9(5(6)3-11)7(12)4-13-8/h1-2,7,12H,4H2/t7-/m1/s1. The Morgan fingerprint density at radius 2 is 2.38 bits per heavy atom. The molecule has 3 nitrogen and oxygen atoms in total. The maximum atomic E-state index is 13.0. The molecule has 1 N–H and O–H groups in total. The van der Waals surface area contributed by atoms with Crippen LogP contribution in [0.3, 0.4) is 0 Å². The molecule has 1 aromatic carbocycles. The van der Waals surface area contributed by atoms with Gasteiger partial charge in [-0.25, -0.2) is 4.39 Å². The molecule has 1 aliphatic heterocycles. The van der Waals surface area contributed by atoms with Crippen LogP contribution in [-0.4, -0.2) is 11.7 Å². The van der Waals surface area contributed by atoms with E-state index in [4.69, 9.17) is 10.00 Å². The van der Waals surface area contributed by atoms with Gasteiger partial charge in [-0.15, -0.1) is 0 Å². The van der Waals surface area contributed by atoms with Crippen LogP contribution >= 0.6 is 0 Å². The summed E-state index contributed by atoms with van der Waals surface area (Å²) in [6, 6.07) is 4.29. The van der Waals surface area contributed by atoms with Gasteiger partial charge in [-0.2, -0.15) is 5.26 Å². The van der Waals surface area contributed by atoms with Crippen molar-refractivity contribution in [2.24, 2.45) is 0 Å². The Hall–Kier alpha value is -1.60. The number of nitriles is 1. The minimum Gasteiger partial charge on any atom is -0.490 e. The second-order valence-electron chi connectivity index (χ2n) is 2.77. The van der Waals surface area contributed by atoms with Crippen molar-refractivity contribution in [1.82, 2.24) is 0 Å². The third-order valence-electron chi connectivity index (χ3n) is 2.00. The summed E-state index contributed by atoms with van der Waals surface area (Å²) in [5, 5.41) is 18.0. The highest BCUT2D eigenvalue weighted by molar-refractivity contribution is 5.50. The van der Waals surface area contributed by atoms with Crippen molar-refractivity contribution in [2.45, 2.75) is 6.10 Å². The van der Waals surface area contributed by atoms with Crippen LogP contribution < -0.4 is 4.74 Å². The summed E-state index contributed by atoms with van der Waals surface area (Å²) in [6.45, 7) is 0.0907. The Balaban J connectivity index is 2.69. The Morgan fingerprint density at radius 1 is 1.62 bits per heavy atom. The maximum Gasteiger partial charge on any atom is 0.141 e. The first-order chi connectivity index (χ1) is 6.24. The van der Waals surface area contributed by atoms with Gasteiger partial charge < -0.3 is 9.84 Å². The van der Waals surface area contributed by atoms with Crippen molar-refractivity contribution in [3.05, 3.63) is 29.1 Å². The number of halogens is 1. The minimum atomic E-state index is -0.889. The quantitative estimate of drug-likeness (QED) is 0.649. The Kier molecular flexibility index (Phi) is 1.67. The number of benzene rings is 1. The van der Waals surface area contributed by atoms with E-state index in [1.54, 1.807) is 6.07 Å². The van der Waals surface area contributed by atoms with Crippen LogP contribution in [0.15, 0.2) is 12.1 Å². The molecule has 0 unspecified atom stereocenters. The molecule has 0 spiro atoms. The average molecular weight is 179 g/mol. The molecular weight excluding hydrogens is 173 g/mol. The van der Waals surface area contributed by atoms with Crippen LogP contribution in [0.25, 0.3) is 0 Å². The lowest BCUT2D eigenvalue weighted by atomic mass is 10.0. The molecule has 0 aromatic heterocycles. The van der Waals surface area contributed by atoms with E-state index in [-0.39, 0.29) is 17.7 Å². The van der Waals surface area contributed by atoms with Gasteiger partial charge in [0.1, 0.15) is 30.3 Å². The van der Waals surface area contributed by atoms with E-state index in [9.17, 15) is 9.50 Å². The average Bonchev–Trinajstić information content (AvgIpc) is 2.49. The van der Waals surface area contributed by atoms with Crippen molar-refractivity contribution in [3.63, 3.8) is 0 Å². The van der Waals surface area contributed by atoms with Crippen molar-refractivity contribution in [3.8, 4) is 11.8 Å². The fourth-order valence-corrected chi connectivity index (χ4v) is 1.40. The Morgan fingerprint density at radius 3 is 3.08 bits per heavy atom. The van der Waals surface area contributed by atoms with Gasteiger partial charge in [0.15, 0.2) is 0 Å². The second-order valence-corrected chi connectivity index (χ2v) is 2.77. The highest BCUT2D eigenvalue weighted by atomic mass is 19.1. The predicted octanol–water partition coefficient (Wildman–Crippen LogP) is 1.12. The van der Waals surface area contributed by atoms with E-state index in [0.717, 1.165) is 6.07 Å². The van der Waals surface area contributed by atoms with E-state index >= 15 is 0 Å². The molecule has 0 radical (unpaired) electrons. The fourth-order valence-electron chi connectivity index (χ4n) is 1.40. The molecule has 0 saturated carbocycles. The number of rotatable bonds is 0. The summed E-state index contributed by atoms with van der Waals surface area (Å²) in [5.74, 6) is -0.226. The summed E-state index contributed by atoms with van der Waals surface area (Å²) >= 11 is 0. The molecule has 4 heteroatoms. The molecular formula is C9H6FNO2. The third-order valence-corrected chi connectivity index (χ3v) is 2.00. The number of ether oxygens (including phenoxy) is 1. The first-order valence-electron chi connectivity index (χ1n) is 3.77. The number of nitrogens with zero attached hydrogens (tertiary/aromatic N) is 1. The lowest BCUT2D eigenvalue weighted by molar-refractivity contribution is 0.140. The number of hydrogen-bond acceptors (Lipinski definition) is 3. The van der Waals surface area contributed by atoms with Gasteiger partial charge in [-0.05, 0) is 12.1 Å². The van der Waals surface area contributed by atoms with Crippen molar-refractivity contribution >= 4 is 0 Å². The Labute approximate surface area is 74.0 Å². The second kappa shape index (κ2) is 2.71. The number of hydrogen-bond donors (Lipinski definition) is 1. The highest BCUT2D eigenvalue weighted by Crippen LogP contribution is 2.35. The summed E-state index contributed by atoms with van der Waals surface area (Å²) < 4.78 is 18.1. The van der Waals surface area contributed by atoms with Gasteiger partial charge in [-0.3, -0.25) is 0 Å². The molecule has 0 bridgehead atoms. The lowest BCUT2D eigenvalue weighted by Crippen LogP contribution is -2.00. The fraction of sp³-hybridized carbons (Fsp3) is 0.222. The zero-order chi connectivity index (χ0) is 9.42. The van der Waals surface area contributed by atoms with Crippen LogP contribution in [-0.2, 0) is 0 Å². The monoisotopic (exact) mass is 179 g/mol. The summed E-state index contributed by atoms with van der Waals surface area (Å²) in [4.78, 5) is 0. The van der Waals surface area contributed by atoms with Crippen molar-refractivity contribution in [2.75, 3.05) is 6.61 Å². The van der Waals surface area contributed by atoms with E-state index in [1.807, 2.05) is 0 Å². The van der Waals surface area contributed by atoms with Gasteiger partial charge in [0.05, 0.1) is 5.56 Å². The molecule has 66 valence electrons. The van der Waals surface area contributed by atoms with Gasteiger partial charge in [0.25, 0.3) is 0 Å². The SMILES string of the molecule is N#Cc1c(F)ccc2c1[C@H](O)CO2. The minimum absolute atomic E-state index is 0.0907. The molecule has 0 amide bonds. The van der Waals surface area contributed by atoms with Crippen LogP contribution in [0, 0.1) is 17.1 Å². The number of fused-ring (bicyclic) bond motifs is 1. The zero-order valence-corrected chi connectivity index (χ0v) is 6.62. The topological polar surface area (TPSA) is 53.2 Å². The molecule has 1 aliphatic rings. The third kappa shape index (κ3) is 1.05. The maximum absolute atomic E-state index is 13.0. The smallest absolute Gasteiger partial charge is 0.141 e. The molecule has 1 aromatic rings. The van der Waals surface area contributed by atoms with Gasteiger partial charge in [-0.1, -0.05) is 0 Å². The molecule has 0 saturated heterocycles.